The fourth-order valence-electron chi connectivity index (χ4n) is 1.67. The van der Waals surface area contributed by atoms with Crippen molar-refractivity contribution in [3.63, 3.8) is 0 Å². The van der Waals surface area contributed by atoms with Gasteiger partial charge in [-0.1, -0.05) is 0 Å². The molecule has 0 bridgehead atoms. The summed E-state index contributed by atoms with van der Waals surface area (Å²) in [7, 11) is 0. The Balaban J connectivity index is 2.43. The number of aryl methyl sites for hydroxylation is 1. The summed E-state index contributed by atoms with van der Waals surface area (Å²) in [5.41, 5.74) is 1.79. The molecule has 0 aliphatic heterocycles. The molecule has 1 aromatic heterocycles. The first-order valence-electron chi connectivity index (χ1n) is 5.09. The van der Waals surface area contributed by atoms with E-state index >= 15 is 0 Å². The third-order valence-electron chi connectivity index (χ3n) is 2.34. The zero-order chi connectivity index (χ0) is 12.4. The van der Waals surface area contributed by atoms with E-state index in [-0.39, 0.29) is 12.2 Å². The van der Waals surface area contributed by atoms with Crippen LogP contribution in [0.3, 0.4) is 0 Å². The lowest BCUT2D eigenvalue weighted by atomic mass is 10.1. The van der Waals surface area contributed by atoms with Crippen molar-refractivity contribution in [2.75, 3.05) is 0 Å². The number of benzene rings is 1. The van der Waals surface area contributed by atoms with Crippen molar-refractivity contribution in [2.45, 2.75) is 13.3 Å². The van der Waals surface area contributed by atoms with Crippen LogP contribution in [0.4, 0.5) is 4.39 Å². The Morgan fingerprint density at radius 1 is 1.41 bits per heavy atom. The van der Waals surface area contributed by atoms with E-state index < -0.39 is 5.97 Å². The van der Waals surface area contributed by atoms with E-state index in [9.17, 15) is 9.18 Å². The molecular weight excluding hydrogens is 223 g/mol. The number of halogens is 1. The number of carboxylic acid groups (broad SMARTS) is 1. The number of nitrogens with zero attached hydrogens (tertiary/aromatic N) is 1. The summed E-state index contributed by atoms with van der Waals surface area (Å²) in [6, 6.07) is 5.81. The maximum Gasteiger partial charge on any atom is 0.309 e. The zero-order valence-corrected chi connectivity index (χ0v) is 9.20. The molecular formula is C12H11FN2O2. The first kappa shape index (κ1) is 11.3. The van der Waals surface area contributed by atoms with Crippen LogP contribution in [0.5, 0.6) is 0 Å². The lowest BCUT2D eigenvalue weighted by Gasteiger charge is -2.00. The highest BCUT2D eigenvalue weighted by Gasteiger charge is 2.13. The number of aromatic amines is 1. The van der Waals surface area contributed by atoms with Gasteiger partial charge in [0.1, 0.15) is 11.6 Å². The Hall–Kier alpha value is -2.17. The first-order valence-corrected chi connectivity index (χ1v) is 5.09. The molecule has 0 atom stereocenters. The van der Waals surface area contributed by atoms with E-state index in [4.69, 9.17) is 5.11 Å². The number of nitrogens with one attached hydrogen (secondary N) is 1. The molecule has 0 saturated heterocycles. The van der Waals surface area contributed by atoms with E-state index in [2.05, 4.69) is 9.97 Å². The van der Waals surface area contributed by atoms with Crippen LogP contribution in [-0.2, 0) is 11.2 Å². The zero-order valence-electron chi connectivity index (χ0n) is 9.20. The van der Waals surface area contributed by atoms with E-state index in [1.54, 1.807) is 19.1 Å². The van der Waals surface area contributed by atoms with Gasteiger partial charge in [-0.3, -0.25) is 4.79 Å². The smallest absolute Gasteiger partial charge is 0.309 e. The normalized spacial score (nSPS) is 10.5. The Morgan fingerprint density at radius 3 is 2.65 bits per heavy atom. The fourth-order valence-corrected chi connectivity index (χ4v) is 1.67. The number of hydrogen-bond donors (Lipinski definition) is 2. The van der Waals surface area contributed by atoms with Gasteiger partial charge in [0.15, 0.2) is 0 Å². The SMILES string of the molecule is Cc1nc(-c2ccc(F)cc2)c(CC(=O)O)[nH]1. The third kappa shape index (κ3) is 2.50. The highest BCUT2D eigenvalue weighted by molar-refractivity contribution is 5.74. The number of rotatable bonds is 3. The molecule has 0 unspecified atom stereocenters. The minimum atomic E-state index is -0.933. The van der Waals surface area contributed by atoms with Gasteiger partial charge in [0.25, 0.3) is 0 Å². The van der Waals surface area contributed by atoms with E-state index in [1.807, 2.05) is 0 Å². The molecule has 88 valence electrons. The van der Waals surface area contributed by atoms with Crippen molar-refractivity contribution >= 4 is 5.97 Å². The maximum atomic E-state index is 12.8. The van der Waals surface area contributed by atoms with Crippen LogP contribution < -0.4 is 0 Å². The molecule has 0 spiro atoms. The molecule has 2 aromatic rings. The van der Waals surface area contributed by atoms with Crippen LogP contribution in [-0.4, -0.2) is 21.0 Å². The Morgan fingerprint density at radius 2 is 2.06 bits per heavy atom. The lowest BCUT2D eigenvalue weighted by molar-refractivity contribution is -0.136. The number of hydrogen-bond acceptors (Lipinski definition) is 2. The number of H-pyrrole nitrogens is 1. The number of aromatic nitrogens is 2. The van der Waals surface area contributed by atoms with Gasteiger partial charge < -0.3 is 10.1 Å². The first-order chi connectivity index (χ1) is 8.06. The number of imidazole rings is 1. The fraction of sp³-hybridized carbons (Fsp3) is 0.167. The molecule has 5 heteroatoms. The highest BCUT2D eigenvalue weighted by Crippen LogP contribution is 2.22. The van der Waals surface area contributed by atoms with Crippen LogP contribution in [0.1, 0.15) is 11.5 Å². The van der Waals surface area contributed by atoms with Crippen molar-refractivity contribution in [1.29, 1.82) is 0 Å². The Labute approximate surface area is 97.1 Å². The van der Waals surface area contributed by atoms with Gasteiger partial charge in [-0.05, 0) is 31.2 Å². The number of aliphatic carboxylic acids is 1. The second-order valence-electron chi connectivity index (χ2n) is 3.73. The summed E-state index contributed by atoms with van der Waals surface area (Å²) in [6.07, 6.45) is -0.131. The van der Waals surface area contributed by atoms with Gasteiger partial charge in [0.05, 0.1) is 17.8 Å². The third-order valence-corrected chi connectivity index (χ3v) is 2.34. The van der Waals surface area contributed by atoms with Crippen molar-refractivity contribution in [3.8, 4) is 11.3 Å². The minimum Gasteiger partial charge on any atom is -0.481 e. The second-order valence-corrected chi connectivity index (χ2v) is 3.73. The molecule has 0 fully saturated rings. The Kier molecular flexibility index (Phi) is 2.91. The molecule has 1 heterocycles. The summed E-state index contributed by atoms with van der Waals surface area (Å²) >= 11 is 0. The second kappa shape index (κ2) is 4.37. The monoisotopic (exact) mass is 234 g/mol. The lowest BCUT2D eigenvalue weighted by Crippen LogP contribution is -2.01. The van der Waals surface area contributed by atoms with Crippen LogP contribution in [0.2, 0.25) is 0 Å². The standard InChI is InChI=1S/C12H11FN2O2/c1-7-14-10(6-11(16)17)12(15-7)8-2-4-9(13)5-3-8/h2-5H,6H2,1H3,(H,14,15)(H,16,17). The largest absolute Gasteiger partial charge is 0.481 e. The van der Waals surface area contributed by atoms with E-state index in [0.29, 0.717) is 22.8 Å². The van der Waals surface area contributed by atoms with Crippen molar-refractivity contribution < 1.29 is 14.3 Å². The average molecular weight is 234 g/mol. The van der Waals surface area contributed by atoms with Gasteiger partial charge in [-0.2, -0.15) is 0 Å². The molecule has 17 heavy (non-hydrogen) atoms. The van der Waals surface area contributed by atoms with Crippen molar-refractivity contribution in [1.82, 2.24) is 9.97 Å². The highest BCUT2D eigenvalue weighted by atomic mass is 19.1. The predicted molar refractivity (Wildman–Crippen MR) is 60.1 cm³/mol. The molecule has 0 aliphatic rings. The van der Waals surface area contributed by atoms with Gasteiger partial charge >= 0.3 is 5.97 Å². The summed E-state index contributed by atoms with van der Waals surface area (Å²) < 4.78 is 12.8. The minimum absolute atomic E-state index is 0.131. The average Bonchev–Trinajstić information content (AvgIpc) is 2.59. The summed E-state index contributed by atoms with van der Waals surface area (Å²) in [5, 5.41) is 8.78. The number of carbonyl (C=O) groups is 1. The quantitative estimate of drug-likeness (QED) is 0.855. The Bertz CT molecular complexity index is 546. The molecule has 2 N–H and O–H groups in total. The topological polar surface area (TPSA) is 66.0 Å². The van der Waals surface area contributed by atoms with Crippen LogP contribution >= 0.6 is 0 Å². The van der Waals surface area contributed by atoms with Crippen LogP contribution in [0.15, 0.2) is 24.3 Å². The van der Waals surface area contributed by atoms with E-state index in [0.717, 1.165) is 0 Å². The molecule has 0 aliphatic carbocycles. The maximum absolute atomic E-state index is 12.8. The molecule has 1 aromatic carbocycles. The van der Waals surface area contributed by atoms with Crippen molar-refractivity contribution in [3.05, 3.63) is 41.6 Å². The summed E-state index contributed by atoms with van der Waals surface area (Å²) in [4.78, 5) is 17.8. The van der Waals surface area contributed by atoms with Gasteiger partial charge in [0, 0.05) is 5.56 Å². The molecule has 0 radical (unpaired) electrons. The molecule has 0 saturated carbocycles. The van der Waals surface area contributed by atoms with Gasteiger partial charge in [-0.15, -0.1) is 0 Å². The van der Waals surface area contributed by atoms with Crippen molar-refractivity contribution in [2.24, 2.45) is 0 Å². The molecule has 0 amide bonds. The van der Waals surface area contributed by atoms with Gasteiger partial charge in [0.2, 0.25) is 0 Å². The summed E-state index contributed by atoms with van der Waals surface area (Å²) in [5.74, 6) is -0.627. The van der Waals surface area contributed by atoms with Crippen LogP contribution in [0, 0.1) is 12.7 Å². The predicted octanol–water partition coefficient (Wildman–Crippen LogP) is 2.15. The number of carboxylic acids is 1. The summed E-state index contributed by atoms with van der Waals surface area (Å²) in [6.45, 7) is 1.75. The van der Waals surface area contributed by atoms with Gasteiger partial charge in [-0.25, -0.2) is 9.37 Å². The van der Waals surface area contributed by atoms with E-state index in [1.165, 1.54) is 12.1 Å². The molecule has 4 nitrogen and oxygen atoms in total. The van der Waals surface area contributed by atoms with Crippen LogP contribution in [0.25, 0.3) is 11.3 Å². The molecule has 2 rings (SSSR count).